The third-order valence-corrected chi connectivity index (χ3v) is 3.30. The number of nitrogen functional groups attached to an aromatic ring is 1. The Balaban J connectivity index is 2.32. The minimum atomic E-state index is 0.682. The zero-order valence-electron chi connectivity index (χ0n) is 9.88. The first-order valence-corrected chi connectivity index (χ1v) is 6.35. The van der Waals surface area contributed by atoms with Gasteiger partial charge in [-0.2, -0.15) is 5.10 Å². The summed E-state index contributed by atoms with van der Waals surface area (Å²) in [5.74, 6) is 2.49. The van der Waals surface area contributed by atoms with Crippen LogP contribution >= 0.6 is 11.8 Å². The van der Waals surface area contributed by atoms with Gasteiger partial charge in [-0.3, -0.25) is 0 Å². The standard InChI is InChI=1S/C12H15N3OS/c1-3-17-11-8-14-15(12(11)13)9-4-6-10(16-2)7-5-9/h4-8H,3,13H2,1-2H3. The molecule has 17 heavy (non-hydrogen) atoms. The third-order valence-electron chi connectivity index (χ3n) is 2.39. The molecule has 0 atom stereocenters. The van der Waals surface area contributed by atoms with Gasteiger partial charge in [-0.1, -0.05) is 6.92 Å². The molecule has 0 amide bonds. The van der Waals surface area contributed by atoms with E-state index in [-0.39, 0.29) is 0 Å². The number of hydrogen-bond acceptors (Lipinski definition) is 4. The number of ether oxygens (including phenoxy) is 1. The highest BCUT2D eigenvalue weighted by molar-refractivity contribution is 7.99. The van der Waals surface area contributed by atoms with Gasteiger partial charge >= 0.3 is 0 Å². The van der Waals surface area contributed by atoms with Gasteiger partial charge in [0.1, 0.15) is 11.6 Å². The normalized spacial score (nSPS) is 10.5. The second kappa shape index (κ2) is 5.14. The quantitative estimate of drug-likeness (QED) is 0.846. The molecule has 1 heterocycles. The summed E-state index contributed by atoms with van der Waals surface area (Å²) in [7, 11) is 1.65. The Morgan fingerprint density at radius 3 is 2.65 bits per heavy atom. The predicted octanol–water partition coefficient (Wildman–Crippen LogP) is 2.58. The molecular formula is C12H15N3OS. The van der Waals surface area contributed by atoms with Crippen LogP contribution in [-0.2, 0) is 0 Å². The Morgan fingerprint density at radius 1 is 1.35 bits per heavy atom. The summed E-state index contributed by atoms with van der Waals surface area (Å²) in [5, 5.41) is 4.29. The van der Waals surface area contributed by atoms with E-state index in [2.05, 4.69) is 12.0 Å². The van der Waals surface area contributed by atoms with Gasteiger partial charge < -0.3 is 10.5 Å². The maximum atomic E-state index is 6.04. The molecule has 0 bridgehead atoms. The van der Waals surface area contributed by atoms with Crippen LogP contribution < -0.4 is 10.5 Å². The largest absolute Gasteiger partial charge is 0.497 e. The highest BCUT2D eigenvalue weighted by atomic mass is 32.2. The van der Waals surface area contributed by atoms with Crippen LogP contribution in [0.3, 0.4) is 0 Å². The van der Waals surface area contributed by atoms with Crippen molar-refractivity contribution in [1.82, 2.24) is 9.78 Å². The first kappa shape index (κ1) is 11.9. The fourth-order valence-corrected chi connectivity index (χ4v) is 2.21. The van der Waals surface area contributed by atoms with E-state index in [1.54, 1.807) is 29.8 Å². The molecule has 0 saturated carbocycles. The second-order valence-electron chi connectivity index (χ2n) is 3.44. The van der Waals surface area contributed by atoms with Crippen molar-refractivity contribution in [3.8, 4) is 11.4 Å². The van der Waals surface area contributed by atoms with E-state index in [1.807, 2.05) is 24.3 Å². The molecule has 0 radical (unpaired) electrons. The summed E-state index contributed by atoms with van der Waals surface area (Å²) in [6.07, 6.45) is 1.80. The minimum absolute atomic E-state index is 0.682. The van der Waals surface area contributed by atoms with Crippen LogP contribution in [0.4, 0.5) is 5.82 Å². The van der Waals surface area contributed by atoms with Gasteiger partial charge in [-0.05, 0) is 30.0 Å². The summed E-state index contributed by atoms with van der Waals surface area (Å²) in [4.78, 5) is 1.02. The Kier molecular flexibility index (Phi) is 3.58. The van der Waals surface area contributed by atoms with Gasteiger partial charge in [0.15, 0.2) is 0 Å². The number of benzene rings is 1. The zero-order chi connectivity index (χ0) is 12.3. The van der Waals surface area contributed by atoms with Crippen molar-refractivity contribution in [2.45, 2.75) is 11.8 Å². The summed E-state index contributed by atoms with van der Waals surface area (Å²) >= 11 is 1.69. The Hall–Kier alpha value is -1.62. The van der Waals surface area contributed by atoms with Gasteiger partial charge in [0, 0.05) is 0 Å². The lowest BCUT2D eigenvalue weighted by Crippen LogP contribution is -2.02. The first-order chi connectivity index (χ1) is 8.26. The molecule has 0 aliphatic rings. The predicted molar refractivity (Wildman–Crippen MR) is 70.9 cm³/mol. The lowest BCUT2D eigenvalue weighted by molar-refractivity contribution is 0.414. The molecular weight excluding hydrogens is 234 g/mol. The van der Waals surface area contributed by atoms with E-state index >= 15 is 0 Å². The van der Waals surface area contributed by atoms with Crippen molar-refractivity contribution in [3.63, 3.8) is 0 Å². The van der Waals surface area contributed by atoms with Crippen LogP contribution in [0.25, 0.3) is 5.69 Å². The molecule has 0 saturated heterocycles. The minimum Gasteiger partial charge on any atom is -0.497 e. The fourth-order valence-electron chi connectivity index (χ4n) is 1.54. The van der Waals surface area contributed by atoms with Crippen molar-refractivity contribution < 1.29 is 4.74 Å². The highest BCUT2D eigenvalue weighted by Gasteiger charge is 2.08. The lowest BCUT2D eigenvalue weighted by Gasteiger charge is -2.06. The molecule has 0 unspecified atom stereocenters. The molecule has 0 aliphatic heterocycles. The third kappa shape index (κ3) is 2.39. The number of nitrogens with two attached hydrogens (primary N) is 1. The van der Waals surface area contributed by atoms with Crippen molar-refractivity contribution in [2.75, 3.05) is 18.6 Å². The summed E-state index contributed by atoms with van der Waals surface area (Å²) in [6.45, 7) is 2.09. The lowest BCUT2D eigenvalue weighted by atomic mass is 10.3. The Labute approximate surface area is 105 Å². The van der Waals surface area contributed by atoms with E-state index < -0.39 is 0 Å². The smallest absolute Gasteiger partial charge is 0.140 e. The van der Waals surface area contributed by atoms with Gasteiger partial charge in [-0.15, -0.1) is 11.8 Å². The van der Waals surface area contributed by atoms with Gasteiger partial charge in [-0.25, -0.2) is 4.68 Å². The van der Waals surface area contributed by atoms with Crippen LogP contribution in [0, 0.1) is 0 Å². The monoisotopic (exact) mass is 249 g/mol. The van der Waals surface area contributed by atoms with E-state index in [9.17, 15) is 0 Å². The molecule has 0 spiro atoms. The Bertz CT molecular complexity index is 493. The molecule has 90 valence electrons. The molecule has 2 aromatic rings. The SMILES string of the molecule is CCSc1cnn(-c2ccc(OC)cc2)c1N. The number of hydrogen-bond donors (Lipinski definition) is 1. The van der Waals surface area contributed by atoms with E-state index in [1.165, 1.54) is 0 Å². The molecule has 1 aromatic carbocycles. The van der Waals surface area contributed by atoms with Gasteiger partial charge in [0.05, 0.1) is 23.9 Å². The van der Waals surface area contributed by atoms with Gasteiger partial charge in [0.25, 0.3) is 0 Å². The van der Waals surface area contributed by atoms with Crippen molar-refractivity contribution >= 4 is 17.6 Å². The molecule has 0 fully saturated rings. The summed E-state index contributed by atoms with van der Waals surface area (Å²) in [6, 6.07) is 7.65. The number of nitrogens with zero attached hydrogens (tertiary/aromatic N) is 2. The highest BCUT2D eigenvalue weighted by Crippen LogP contribution is 2.26. The number of methoxy groups -OCH3 is 1. The first-order valence-electron chi connectivity index (χ1n) is 5.37. The molecule has 2 N–H and O–H groups in total. The number of anilines is 1. The van der Waals surface area contributed by atoms with Crippen LogP contribution in [0.1, 0.15) is 6.92 Å². The zero-order valence-corrected chi connectivity index (χ0v) is 10.7. The fraction of sp³-hybridized carbons (Fsp3) is 0.250. The Morgan fingerprint density at radius 2 is 2.06 bits per heavy atom. The summed E-state index contributed by atoms with van der Waals surface area (Å²) in [5.41, 5.74) is 6.98. The van der Waals surface area contributed by atoms with Crippen molar-refractivity contribution in [2.24, 2.45) is 0 Å². The van der Waals surface area contributed by atoms with Crippen molar-refractivity contribution in [1.29, 1.82) is 0 Å². The molecule has 1 aromatic heterocycles. The van der Waals surface area contributed by atoms with E-state index in [0.717, 1.165) is 22.1 Å². The maximum Gasteiger partial charge on any atom is 0.140 e. The van der Waals surface area contributed by atoms with Gasteiger partial charge in [0.2, 0.25) is 0 Å². The number of rotatable bonds is 4. The molecule has 2 rings (SSSR count). The summed E-state index contributed by atoms with van der Waals surface area (Å²) < 4.78 is 6.85. The number of thioether (sulfide) groups is 1. The van der Waals surface area contributed by atoms with E-state index in [0.29, 0.717) is 5.82 Å². The van der Waals surface area contributed by atoms with Crippen molar-refractivity contribution in [3.05, 3.63) is 30.5 Å². The molecule has 5 heteroatoms. The average molecular weight is 249 g/mol. The molecule has 0 aliphatic carbocycles. The topological polar surface area (TPSA) is 53.1 Å². The second-order valence-corrected chi connectivity index (χ2v) is 4.74. The maximum absolute atomic E-state index is 6.04. The number of aromatic nitrogens is 2. The van der Waals surface area contributed by atoms with Crippen LogP contribution in [0.2, 0.25) is 0 Å². The molecule has 4 nitrogen and oxygen atoms in total. The van der Waals surface area contributed by atoms with Crippen LogP contribution in [0.15, 0.2) is 35.4 Å². The van der Waals surface area contributed by atoms with Crippen LogP contribution in [0.5, 0.6) is 5.75 Å². The average Bonchev–Trinajstić information content (AvgIpc) is 2.72. The van der Waals surface area contributed by atoms with E-state index in [4.69, 9.17) is 10.5 Å². The van der Waals surface area contributed by atoms with Crippen LogP contribution in [-0.4, -0.2) is 22.6 Å².